The summed E-state index contributed by atoms with van der Waals surface area (Å²) in [4.78, 5) is 12.1. The number of carbonyl (C=O) groups is 1. The second-order valence-electron chi connectivity index (χ2n) is 4.95. The van der Waals surface area contributed by atoms with Crippen LogP contribution in [0.2, 0.25) is 0 Å². The number of fused-ring (bicyclic) bond motifs is 1. The van der Waals surface area contributed by atoms with Crippen molar-refractivity contribution in [1.29, 1.82) is 0 Å². The van der Waals surface area contributed by atoms with Crippen LogP contribution in [-0.2, 0) is 11.3 Å². The second-order valence-corrected chi connectivity index (χ2v) is 4.95. The van der Waals surface area contributed by atoms with Gasteiger partial charge in [0.05, 0.1) is 11.6 Å². The summed E-state index contributed by atoms with van der Waals surface area (Å²) in [6.45, 7) is 4.14. The highest BCUT2D eigenvalue weighted by molar-refractivity contribution is 5.97. The Morgan fingerprint density at radius 1 is 1.55 bits per heavy atom. The molecule has 6 nitrogen and oxygen atoms in total. The fourth-order valence-corrected chi connectivity index (χ4v) is 2.46. The molecule has 1 N–H and O–H groups in total. The predicted octanol–water partition coefficient (Wildman–Crippen LogP) is 1.36. The lowest BCUT2D eigenvalue weighted by molar-refractivity contribution is 0.0858. The fourth-order valence-electron chi connectivity index (χ4n) is 2.46. The zero-order valence-electron chi connectivity index (χ0n) is 11.5. The molecule has 20 heavy (non-hydrogen) atoms. The van der Waals surface area contributed by atoms with Crippen molar-refractivity contribution in [3.05, 3.63) is 23.8 Å². The SMILES string of the molecule is CCn1nnc2cc(C(=O)NC[C@@H]3CCCO3)ccc21. The van der Waals surface area contributed by atoms with Gasteiger partial charge in [0.25, 0.3) is 5.91 Å². The molecule has 1 aliphatic heterocycles. The molecule has 106 valence electrons. The van der Waals surface area contributed by atoms with Gasteiger partial charge in [-0.3, -0.25) is 4.79 Å². The Hall–Kier alpha value is -1.95. The number of ether oxygens (including phenoxy) is 1. The van der Waals surface area contributed by atoms with E-state index in [1.54, 1.807) is 6.07 Å². The van der Waals surface area contributed by atoms with Gasteiger partial charge in [-0.2, -0.15) is 0 Å². The minimum atomic E-state index is -0.0894. The Bertz CT molecular complexity index is 617. The molecule has 0 aliphatic carbocycles. The smallest absolute Gasteiger partial charge is 0.251 e. The van der Waals surface area contributed by atoms with Gasteiger partial charge >= 0.3 is 0 Å². The number of carbonyl (C=O) groups excluding carboxylic acids is 1. The first kappa shape index (κ1) is 13.1. The first-order valence-corrected chi connectivity index (χ1v) is 7.01. The highest BCUT2D eigenvalue weighted by atomic mass is 16.5. The summed E-state index contributed by atoms with van der Waals surface area (Å²) in [5.41, 5.74) is 2.30. The lowest BCUT2D eigenvalue weighted by Crippen LogP contribution is -2.31. The quantitative estimate of drug-likeness (QED) is 0.914. The number of aromatic nitrogens is 3. The van der Waals surface area contributed by atoms with Crippen molar-refractivity contribution in [2.75, 3.05) is 13.2 Å². The van der Waals surface area contributed by atoms with Crippen LogP contribution in [0.3, 0.4) is 0 Å². The average Bonchev–Trinajstić information content (AvgIpc) is 3.13. The molecule has 3 rings (SSSR count). The number of rotatable bonds is 4. The van der Waals surface area contributed by atoms with Crippen molar-refractivity contribution in [1.82, 2.24) is 20.3 Å². The normalized spacial score (nSPS) is 18.6. The van der Waals surface area contributed by atoms with Crippen LogP contribution in [0.5, 0.6) is 0 Å². The van der Waals surface area contributed by atoms with Crippen molar-refractivity contribution >= 4 is 16.9 Å². The summed E-state index contributed by atoms with van der Waals surface area (Å²) in [5.74, 6) is -0.0894. The van der Waals surface area contributed by atoms with Crippen molar-refractivity contribution in [3.8, 4) is 0 Å². The van der Waals surface area contributed by atoms with Gasteiger partial charge in [-0.15, -0.1) is 5.10 Å². The zero-order chi connectivity index (χ0) is 13.9. The van der Waals surface area contributed by atoms with Gasteiger partial charge in [-0.1, -0.05) is 5.21 Å². The zero-order valence-corrected chi connectivity index (χ0v) is 11.5. The maximum Gasteiger partial charge on any atom is 0.251 e. The number of hydrogen-bond donors (Lipinski definition) is 1. The van der Waals surface area contributed by atoms with E-state index in [2.05, 4.69) is 15.6 Å². The molecule has 1 saturated heterocycles. The highest BCUT2D eigenvalue weighted by Crippen LogP contribution is 2.14. The molecule has 1 fully saturated rings. The van der Waals surface area contributed by atoms with Crippen LogP contribution in [-0.4, -0.2) is 40.2 Å². The first-order valence-electron chi connectivity index (χ1n) is 7.01. The van der Waals surface area contributed by atoms with Gasteiger partial charge in [0.1, 0.15) is 5.52 Å². The second kappa shape index (κ2) is 5.58. The third kappa shape index (κ3) is 2.51. The number of hydrogen-bond acceptors (Lipinski definition) is 4. The van der Waals surface area contributed by atoms with E-state index in [0.29, 0.717) is 12.1 Å². The molecule has 0 spiro atoms. The summed E-state index contributed by atoms with van der Waals surface area (Å²) < 4.78 is 7.30. The van der Waals surface area contributed by atoms with E-state index in [4.69, 9.17) is 4.74 Å². The van der Waals surface area contributed by atoms with E-state index in [9.17, 15) is 4.79 Å². The molecule has 2 aromatic rings. The summed E-state index contributed by atoms with van der Waals surface area (Å²) in [7, 11) is 0. The minimum Gasteiger partial charge on any atom is -0.376 e. The molecule has 0 unspecified atom stereocenters. The fraction of sp³-hybridized carbons (Fsp3) is 0.500. The van der Waals surface area contributed by atoms with Gasteiger partial charge in [0, 0.05) is 25.3 Å². The van der Waals surface area contributed by atoms with Crippen molar-refractivity contribution in [3.63, 3.8) is 0 Å². The van der Waals surface area contributed by atoms with Crippen LogP contribution in [0.25, 0.3) is 11.0 Å². The third-order valence-electron chi connectivity index (χ3n) is 3.59. The largest absolute Gasteiger partial charge is 0.376 e. The van der Waals surface area contributed by atoms with Crippen molar-refractivity contribution in [2.45, 2.75) is 32.4 Å². The van der Waals surface area contributed by atoms with Crippen molar-refractivity contribution in [2.24, 2.45) is 0 Å². The minimum absolute atomic E-state index is 0.0894. The van der Waals surface area contributed by atoms with Crippen LogP contribution in [0, 0.1) is 0 Å². The molecule has 0 radical (unpaired) electrons. The maximum atomic E-state index is 12.1. The van der Waals surface area contributed by atoms with Crippen LogP contribution in [0.15, 0.2) is 18.2 Å². The maximum absolute atomic E-state index is 12.1. The Labute approximate surface area is 117 Å². The Kier molecular flexibility index (Phi) is 3.64. The van der Waals surface area contributed by atoms with Crippen LogP contribution >= 0.6 is 0 Å². The summed E-state index contributed by atoms with van der Waals surface area (Å²) in [6, 6.07) is 5.47. The summed E-state index contributed by atoms with van der Waals surface area (Å²) >= 11 is 0. The average molecular weight is 274 g/mol. The number of nitrogens with zero attached hydrogens (tertiary/aromatic N) is 3. The topological polar surface area (TPSA) is 69.0 Å². The van der Waals surface area contributed by atoms with Gasteiger partial charge in [0.15, 0.2) is 0 Å². The lowest BCUT2D eigenvalue weighted by Gasteiger charge is -2.10. The Morgan fingerprint density at radius 3 is 3.20 bits per heavy atom. The Morgan fingerprint density at radius 2 is 2.45 bits per heavy atom. The van der Waals surface area contributed by atoms with Gasteiger partial charge in [0.2, 0.25) is 0 Å². The molecule has 1 aromatic carbocycles. The standard InChI is InChI=1S/C14H18N4O2/c1-2-18-13-6-5-10(8-12(13)16-17-18)14(19)15-9-11-4-3-7-20-11/h5-6,8,11H,2-4,7,9H2,1H3,(H,15,19)/t11-/m0/s1. The molecule has 1 aromatic heterocycles. The van der Waals surface area contributed by atoms with Crippen molar-refractivity contribution < 1.29 is 9.53 Å². The van der Waals surface area contributed by atoms with E-state index in [0.717, 1.165) is 37.0 Å². The molecule has 6 heteroatoms. The number of benzene rings is 1. The molecule has 2 heterocycles. The summed E-state index contributed by atoms with van der Waals surface area (Å²) in [6.07, 6.45) is 2.25. The molecular formula is C14H18N4O2. The van der Waals surface area contributed by atoms with Gasteiger partial charge < -0.3 is 10.1 Å². The van der Waals surface area contributed by atoms with Gasteiger partial charge in [-0.05, 0) is 38.0 Å². The monoisotopic (exact) mass is 274 g/mol. The van der Waals surface area contributed by atoms with Crippen LogP contribution < -0.4 is 5.32 Å². The molecule has 1 amide bonds. The first-order chi connectivity index (χ1) is 9.78. The van der Waals surface area contributed by atoms with E-state index in [-0.39, 0.29) is 12.0 Å². The molecule has 0 saturated carbocycles. The van der Waals surface area contributed by atoms with Crippen LogP contribution in [0.1, 0.15) is 30.1 Å². The molecular weight excluding hydrogens is 256 g/mol. The number of amides is 1. The van der Waals surface area contributed by atoms with E-state index < -0.39 is 0 Å². The van der Waals surface area contributed by atoms with Gasteiger partial charge in [-0.25, -0.2) is 4.68 Å². The summed E-state index contributed by atoms with van der Waals surface area (Å²) in [5, 5.41) is 11.0. The number of aryl methyl sites for hydroxylation is 1. The third-order valence-corrected chi connectivity index (χ3v) is 3.59. The molecule has 0 bridgehead atoms. The van der Waals surface area contributed by atoms with Crippen LogP contribution in [0.4, 0.5) is 0 Å². The van der Waals surface area contributed by atoms with E-state index in [1.807, 2.05) is 23.7 Å². The van der Waals surface area contributed by atoms with E-state index in [1.165, 1.54) is 0 Å². The van der Waals surface area contributed by atoms with E-state index >= 15 is 0 Å². The molecule has 1 aliphatic rings. The Balaban J connectivity index is 1.70. The number of nitrogens with one attached hydrogen (secondary N) is 1. The lowest BCUT2D eigenvalue weighted by atomic mass is 10.1. The highest BCUT2D eigenvalue weighted by Gasteiger charge is 2.17. The molecule has 1 atom stereocenters. The predicted molar refractivity (Wildman–Crippen MR) is 74.5 cm³/mol.